The molecule has 9 heteroatoms. The fraction of sp³-hybridized carbons (Fsp3) is 0.103. The summed E-state index contributed by atoms with van der Waals surface area (Å²) in [5, 5.41) is 10.1. The topological polar surface area (TPSA) is 94.6 Å². The number of carboxylic acid groups (broad SMARTS) is 1. The second-order valence-electron chi connectivity index (χ2n) is 8.73. The van der Waals surface area contributed by atoms with Crippen molar-refractivity contribution in [3.05, 3.63) is 102 Å². The van der Waals surface area contributed by atoms with Crippen molar-refractivity contribution in [1.82, 2.24) is 4.57 Å². The first-order valence-electron chi connectivity index (χ1n) is 11.6. The zero-order valence-electron chi connectivity index (χ0n) is 19.8. The summed E-state index contributed by atoms with van der Waals surface area (Å²) in [4.78, 5) is 23.8. The Bertz CT molecular complexity index is 1690. The second-order valence-corrected chi connectivity index (χ2v) is 8.73. The highest BCUT2D eigenvalue weighted by atomic mass is 19.4. The lowest BCUT2D eigenvalue weighted by atomic mass is 9.97. The third-order valence-corrected chi connectivity index (χ3v) is 6.30. The minimum absolute atomic E-state index is 0.0300. The summed E-state index contributed by atoms with van der Waals surface area (Å²) in [6.07, 6.45) is -4.62. The van der Waals surface area contributed by atoms with E-state index in [1.807, 2.05) is 34.9 Å². The highest BCUT2D eigenvalue weighted by Gasteiger charge is 2.34. The van der Waals surface area contributed by atoms with Crippen molar-refractivity contribution < 1.29 is 32.6 Å². The van der Waals surface area contributed by atoms with Crippen LogP contribution in [0.25, 0.3) is 32.9 Å². The molecule has 0 saturated heterocycles. The summed E-state index contributed by atoms with van der Waals surface area (Å²) in [7, 11) is 0. The maximum atomic E-state index is 13.9. The summed E-state index contributed by atoms with van der Waals surface area (Å²) in [5.74, 6) is -1.94. The summed E-state index contributed by atoms with van der Waals surface area (Å²) < 4.78 is 49.2. The van der Waals surface area contributed by atoms with E-state index in [4.69, 9.17) is 10.5 Å². The van der Waals surface area contributed by atoms with Gasteiger partial charge in [-0.05, 0) is 47.0 Å². The molecule has 5 rings (SSSR count). The number of ether oxygens (including phenoxy) is 1. The van der Waals surface area contributed by atoms with E-state index in [0.717, 1.165) is 11.6 Å². The Balaban J connectivity index is 1.90. The van der Waals surface area contributed by atoms with E-state index in [-0.39, 0.29) is 22.4 Å². The molecule has 0 aliphatic heterocycles. The fourth-order valence-corrected chi connectivity index (χ4v) is 4.76. The minimum Gasteiger partial charge on any atom is -0.481 e. The van der Waals surface area contributed by atoms with Crippen molar-refractivity contribution in [3.8, 4) is 16.9 Å². The van der Waals surface area contributed by atoms with Crippen LogP contribution in [0.3, 0.4) is 0 Å². The van der Waals surface area contributed by atoms with Crippen LogP contribution in [0.5, 0.6) is 5.75 Å². The molecule has 6 nitrogen and oxygen atoms in total. The van der Waals surface area contributed by atoms with Gasteiger partial charge in [-0.2, -0.15) is 13.2 Å². The number of nitrogens with zero attached hydrogens (tertiary/aromatic N) is 1. The van der Waals surface area contributed by atoms with E-state index in [0.29, 0.717) is 28.4 Å². The van der Waals surface area contributed by atoms with Gasteiger partial charge in [0.1, 0.15) is 5.75 Å². The molecule has 1 aromatic heterocycles. The largest absolute Gasteiger partial charge is 0.481 e. The fourth-order valence-electron chi connectivity index (χ4n) is 4.76. The number of hydrogen-bond acceptors (Lipinski definition) is 3. The average molecular weight is 518 g/mol. The molecular weight excluding hydrogens is 497 g/mol. The van der Waals surface area contributed by atoms with E-state index >= 15 is 0 Å². The number of fused-ring (bicyclic) bond motifs is 3. The standard InChI is InChI=1S/C29H21F3N2O4/c30-29(31,32)21-11-5-4-9-19(21)18-13-23-27(24(14-18)38-16-25(35)36)26-20(28(33)37)10-6-12-22(26)34(23)15-17-7-2-1-3-8-17/h1-14H,15-16H2,(H2,33,37)(H,35,36). The number of alkyl halides is 3. The molecule has 3 N–H and O–H groups in total. The van der Waals surface area contributed by atoms with Crippen molar-refractivity contribution in [2.75, 3.05) is 6.61 Å². The van der Waals surface area contributed by atoms with Gasteiger partial charge in [0.05, 0.1) is 22.0 Å². The van der Waals surface area contributed by atoms with E-state index in [9.17, 15) is 27.9 Å². The lowest BCUT2D eigenvalue weighted by molar-refractivity contribution is -0.139. The van der Waals surface area contributed by atoms with Crippen LogP contribution < -0.4 is 10.5 Å². The Morgan fingerprint density at radius 1 is 0.868 bits per heavy atom. The van der Waals surface area contributed by atoms with Gasteiger partial charge in [0.2, 0.25) is 5.91 Å². The van der Waals surface area contributed by atoms with Gasteiger partial charge < -0.3 is 20.1 Å². The molecule has 0 atom stereocenters. The number of rotatable bonds is 7. The smallest absolute Gasteiger partial charge is 0.417 e. The Morgan fingerprint density at radius 2 is 1.58 bits per heavy atom. The van der Waals surface area contributed by atoms with Gasteiger partial charge in [-0.15, -0.1) is 0 Å². The number of halogens is 3. The van der Waals surface area contributed by atoms with Crippen LogP contribution in [0, 0.1) is 0 Å². The van der Waals surface area contributed by atoms with E-state index in [2.05, 4.69) is 0 Å². The monoisotopic (exact) mass is 518 g/mol. The van der Waals surface area contributed by atoms with E-state index in [1.165, 1.54) is 24.3 Å². The molecule has 0 unspecified atom stereocenters. The van der Waals surface area contributed by atoms with Crippen molar-refractivity contribution in [2.45, 2.75) is 12.7 Å². The van der Waals surface area contributed by atoms with Crippen molar-refractivity contribution in [2.24, 2.45) is 5.73 Å². The molecule has 0 fully saturated rings. The zero-order valence-corrected chi connectivity index (χ0v) is 19.8. The van der Waals surface area contributed by atoms with E-state index < -0.39 is 30.2 Å². The van der Waals surface area contributed by atoms with Crippen LogP contribution in [0.1, 0.15) is 21.5 Å². The number of nitrogens with two attached hydrogens (primary N) is 1. The number of carboxylic acids is 1. The quantitative estimate of drug-likeness (QED) is 0.273. The molecule has 4 aromatic carbocycles. The Morgan fingerprint density at radius 3 is 2.26 bits per heavy atom. The lowest BCUT2D eigenvalue weighted by Gasteiger charge is -2.15. The van der Waals surface area contributed by atoms with Gasteiger partial charge in [0.15, 0.2) is 6.61 Å². The van der Waals surface area contributed by atoms with Gasteiger partial charge in [-0.25, -0.2) is 4.79 Å². The molecule has 5 aromatic rings. The molecule has 1 heterocycles. The Labute approximate surface area is 214 Å². The number of carbonyl (C=O) groups is 2. The molecule has 0 radical (unpaired) electrons. The van der Waals surface area contributed by atoms with Crippen LogP contribution in [0.2, 0.25) is 0 Å². The van der Waals surface area contributed by atoms with Crippen LogP contribution in [0.4, 0.5) is 13.2 Å². The summed E-state index contributed by atoms with van der Waals surface area (Å²) in [6, 6.07) is 22.5. The van der Waals surface area contributed by atoms with Crippen LogP contribution >= 0.6 is 0 Å². The molecule has 0 saturated carbocycles. The second kappa shape index (κ2) is 9.59. The molecule has 38 heavy (non-hydrogen) atoms. The molecule has 0 spiro atoms. The lowest BCUT2D eigenvalue weighted by Crippen LogP contribution is -2.12. The first kappa shape index (κ1) is 24.9. The number of primary amides is 1. The number of hydrogen-bond donors (Lipinski definition) is 2. The average Bonchev–Trinajstić information content (AvgIpc) is 3.20. The highest BCUT2D eigenvalue weighted by Crippen LogP contribution is 2.43. The van der Waals surface area contributed by atoms with Gasteiger partial charge >= 0.3 is 12.1 Å². The number of carbonyl (C=O) groups excluding carboxylic acids is 1. The number of amides is 1. The third kappa shape index (κ3) is 4.54. The predicted octanol–water partition coefficient (Wildman–Crippen LogP) is 6.09. The van der Waals surface area contributed by atoms with Gasteiger partial charge in [0.25, 0.3) is 0 Å². The first-order valence-corrected chi connectivity index (χ1v) is 11.6. The molecule has 192 valence electrons. The predicted molar refractivity (Wildman–Crippen MR) is 137 cm³/mol. The summed E-state index contributed by atoms with van der Waals surface area (Å²) in [6.45, 7) is -0.407. The Hall–Kier alpha value is -4.79. The number of aromatic nitrogens is 1. The molecular formula is C29H21F3N2O4. The summed E-state index contributed by atoms with van der Waals surface area (Å²) >= 11 is 0. The SMILES string of the molecule is NC(=O)c1cccc2c1c1c(OCC(=O)O)cc(-c3ccccc3C(F)(F)F)cc1n2Cc1ccccc1. The van der Waals surface area contributed by atoms with E-state index in [1.54, 1.807) is 24.3 Å². The van der Waals surface area contributed by atoms with Gasteiger partial charge in [-0.1, -0.05) is 54.6 Å². The molecule has 0 bridgehead atoms. The number of aliphatic carboxylic acids is 1. The molecule has 1 amide bonds. The Kier molecular flexibility index (Phi) is 6.28. The maximum absolute atomic E-state index is 13.9. The van der Waals surface area contributed by atoms with Crippen LogP contribution in [-0.2, 0) is 17.5 Å². The zero-order chi connectivity index (χ0) is 27.0. The molecule has 0 aliphatic carbocycles. The van der Waals surface area contributed by atoms with Gasteiger partial charge in [0, 0.05) is 17.5 Å². The van der Waals surface area contributed by atoms with Crippen molar-refractivity contribution in [3.63, 3.8) is 0 Å². The number of benzene rings is 4. The first-order chi connectivity index (χ1) is 18.1. The van der Waals surface area contributed by atoms with Crippen LogP contribution in [-0.4, -0.2) is 28.2 Å². The summed E-state index contributed by atoms with van der Waals surface area (Å²) in [5.41, 5.74) is 7.09. The van der Waals surface area contributed by atoms with Gasteiger partial charge in [-0.3, -0.25) is 4.79 Å². The van der Waals surface area contributed by atoms with Crippen LogP contribution in [0.15, 0.2) is 84.9 Å². The minimum atomic E-state index is -4.62. The highest BCUT2D eigenvalue weighted by molar-refractivity contribution is 6.20. The van der Waals surface area contributed by atoms with Crippen molar-refractivity contribution >= 4 is 33.7 Å². The third-order valence-electron chi connectivity index (χ3n) is 6.30. The van der Waals surface area contributed by atoms with Crippen molar-refractivity contribution in [1.29, 1.82) is 0 Å². The normalized spacial score (nSPS) is 11.7. The maximum Gasteiger partial charge on any atom is 0.417 e. The molecule has 0 aliphatic rings.